The molecule has 0 atom stereocenters. The highest BCUT2D eigenvalue weighted by Crippen LogP contribution is 2.17. The molecule has 1 heterocycles. The second kappa shape index (κ2) is 3.72. The van der Waals surface area contributed by atoms with E-state index in [1.807, 2.05) is 13.8 Å². The molecule has 0 saturated carbocycles. The molecule has 0 amide bonds. The van der Waals surface area contributed by atoms with E-state index in [1.165, 1.54) is 0 Å². The second-order valence-corrected chi connectivity index (χ2v) is 3.30. The van der Waals surface area contributed by atoms with Gasteiger partial charge in [-0.3, -0.25) is 9.78 Å². The molecule has 1 rings (SSSR count). The quantitative estimate of drug-likeness (QED) is 0.709. The summed E-state index contributed by atoms with van der Waals surface area (Å²) in [7, 11) is 0. The van der Waals surface area contributed by atoms with Crippen molar-refractivity contribution in [2.75, 3.05) is 0 Å². The van der Waals surface area contributed by atoms with Crippen molar-refractivity contribution in [3.05, 3.63) is 29.6 Å². The molecule has 0 saturated heterocycles. The van der Waals surface area contributed by atoms with Crippen molar-refractivity contribution >= 4 is 17.7 Å². The highest BCUT2D eigenvalue weighted by Gasteiger charge is 2.10. The molecule has 0 aromatic carbocycles. The number of carbonyl (C=O) groups is 1. The van der Waals surface area contributed by atoms with E-state index in [0.717, 1.165) is 5.69 Å². The summed E-state index contributed by atoms with van der Waals surface area (Å²) in [5.74, 6) is 0.261. The molecule has 0 radical (unpaired) electrons. The lowest BCUT2D eigenvalue weighted by molar-refractivity contribution is 0.109. The maximum Gasteiger partial charge on any atom is 0.218 e. The number of rotatable bonds is 2. The summed E-state index contributed by atoms with van der Waals surface area (Å²) >= 11 is 3.77. The van der Waals surface area contributed by atoms with Gasteiger partial charge in [0.05, 0.1) is 11.3 Å². The van der Waals surface area contributed by atoms with Gasteiger partial charge in [0.25, 0.3) is 0 Å². The van der Waals surface area contributed by atoms with Gasteiger partial charge < -0.3 is 0 Å². The fourth-order valence-corrected chi connectivity index (χ4v) is 1.25. The summed E-state index contributed by atoms with van der Waals surface area (Å²) < 4.78 is 0. The molecule has 0 fully saturated rings. The van der Waals surface area contributed by atoms with Crippen LogP contribution in [-0.2, 0) is 0 Å². The second-order valence-electron chi connectivity index (χ2n) is 2.90. The number of carbonyl (C=O) groups excluding carboxylic acids is 1. The van der Waals surface area contributed by atoms with Gasteiger partial charge >= 0.3 is 0 Å². The Kier molecular flexibility index (Phi) is 2.87. The Morgan fingerprint density at radius 1 is 1.58 bits per heavy atom. The highest BCUT2D eigenvalue weighted by atomic mass is 32.1. The third-order valence-corrected chi connectivity index (χ3v) is 1.86. The van der Waals surface area contributed by atoms with E-state index < -0.39 is 0 Å². The summed E-state index contributed by atoms with van der Waals surface area (Å²) in [6, 6.07) is 3.49. The average Bonchev–Trinajstić information content (AvgIpc) is 2.04. The zero-order chi connectivity index (χ0) is 9.14. The van der Waals surface area contributed by atoms with Crippen molar-refractivity contribution in [1.29, 1.82) is 0 Å². The number of pyridine rings is 1. The van der Waals surface area contributed by atoms with Crippen molar-refractivity contribution in [3.8, 4) is 0 Å². The number of hydrogen-bond donors (Lipinski definition) is 1. The Morgan fingerprint density at radius 2 is 2.25 bits per heavy atom. The van der Waals surface area contributed by atoms with Gasteiger partial charge in [-0.05, 0) is 18.1 Å². The lowest BCUT2D eigenvalue weighted by Crippen LogP contribution is -2.01. The van der Waals surface area contributed by atoms with Gasteiger partial charge in [0.2, 0.25) is 5.12 Å². The molecule has 0 aliphatic carbocycles. The first kappa shape index (κ1) is 9.26. The van der Waals surface area contributed by atoms with Crippen molar-refractivity contribution in [3.63, 3.8) is 0 Å². The Balaban J connectivity index is 3.17. The third kappa shape index (κ3) is 1.85. The van der Waals surface area contributed by atoms with Crippen LogP contribution < -0.4 is 0 Å². The average molecular weight is 181 g/mol. The molecule has 0 N–H and O–H groups in total. The van der Waals surface area contributed by atoms with Crippen molar-refractivity contribution in [1.82, 2.24) is 4.98 Å². The zero-order valence-corrected chi connectivity index (χ0v) is 8.01. The number of aromatic nitrogens is 1. The van der Waals surface area contributed by atoms with Gasteiger partial charge in [-0.15, -0.1) is 12.6 Å². The van der Waals surface area contributed by atoms with Crippen molar-refractivity contribution in [2.45, 2.75) is 19.8 Å². The Morgan fingerprint density at radius 3 is 2.67 bits per heavy atom. The van der Waals surface area contributed by atoms with E-state index in [0.29, 0.717) is 5.56 Å². The van der Waals surface area contributed by atoms with Gasteiger partial charge in [-0.1, -0.05) is 13.8 Å². The lowest BCUT2D eigenvalue weighted by atomic mass is 10.1. The van der Waals surface area contributed by atoms with E-state index in [2.05, 4.69) is 17.6 Å². The monoisotopic (exact) mass is 181 g/mol. The zero-order valence-electron chi connectivity index (χ0n) is 7.11. The Bertz CT molecular complexity index is 296. The minimum Gasteiger partial charge on any atom is -0.282 e. The summed E-state index contributed by atoms with van der Waals surface area (Å²) in [4.78, 5) is 15.1. The fourth-order valence-electron chi connectivity index (χ4n) is 1.06. The van der Waals surface area contributed by atoms with Crippen LogP contribution in [-0.4, -0.2) is 10.1 Å². The van der Waals surface area contributed by atoms with Crippen LogP contribution in [0.5, 0.6) is 0 Å². The predicted octanol–water partition coefficient (Wildman–Crippen LogP) is 2.28. The first-order valence-corrected chi connectivity index (χ1v) is 4.26. The molecule has 0 aliphatic rings. The minimum atomic E-state index is -0.216. The summed E-state index contributed by atoms with van der Waals surface area (Å²) in [5, 5.41) is -0.216. The standard InChI is InChI=1S/C9H11NOS/c1-6(2)8-7(9(11)12)4-3-5-10-8/h3-6H,1-2H3,(H,11,12). The van der Waals surface area contributed by atoms with Crippen LogP contribution in [0.1, 0.15) is 35.8 Å². The largest absolute Gasteiger partial charge is 0.282 e. The molecule has 1 aromatic rings. The molecule has 64 valence electrons. The summed E-state index contributed by atoms with van der Waals surface area (Å²) in [6.45, 7) is 4.01. The first-order valence-electron chi connectivity index (χ1n) is 3.81. The predicted molar refractivity (Wildman–Crippen MR) is 51.6 cm³/mol. The molecule has 3 heteroatoms. The van der Waals surface area contributed by atoms with Gasteiger partial charge in [0.1, 0.15) is 0 Å². The number of nitrogens with zero attached hydrogens (tertiary/aromatic N) is 1. The van der Waals surface area contributed by atoms with E-state index in [9.17, 15) is 4.79 Å². The normalized spacial score (nSPS) is 10.3. The van der Waals surface area contributed by atoms with E-state index >= 15 is 0 Å². The van der Waals surface area contributed by atoms with Crippen LogP contribution >= 0.6 is 12.6 Å². The smallest absolute Gasteiger partial charge is 0.218 e. The van der Waals surface area contributed by atoms with Crippen LogP contribution in [0.25, 0.3) is 0 Å². The SMILES string of the molecule is CC(C)c1ncccc1C(=O)S. The topological polar surface area (TPSA) is 30.0 Å². The molecule has 0 aliphatic heterocycles. The minimum absolute atomic E-state index is 0.216. The summed E-state index contributed by atoms with van der Waals surface area (Å²) in [5.41, 5.74) is 1.42. The number of hydrogen-bond acceptors (Lipinski definition) is 2. The molecule has 0 bridgehead atoms. The van der Waals surface area contributed by atoms with E-state index in [4.69, 9.17) is 0 Å². The molecule has 2 nitrogen and oxygen atoms in total. The van der Waals surface area contributed by atoms with Gasteiger partial charge in [-0.25, -0.2) is 0 Å². The molecule has 12 heavy (non-hydrogen) atoms. The van der Waals surface area contributed by atoms with Crippen LogP contribution in [0, 0.1) is 0 Å². The van der Waals surface area contributed by atoms with Crippen molar-refractivity contribution in [2.24, 2.45) is 0 Å². The first-order chi connectivity index (χ1) is 5.63. The maximum absolute atomic E-state index is 11.0. The van der Waals surface area contributed by atoms with E-state index in [1.54, 1.807) is 18.3 Å². The Hall–Kier alpha value is -0.830. The molecule has 0 spiro atoms. The Labute approximate surface area is 77.4 Å². The van der Waals surface area contributed by atoms with Crippen LogP contribution in [0.3, 0.4) is 0 Å². The third-order valence-electron chi connectivity index (χ3n) is 1.62. The van der Waals surface area contributed by atoms with Crippen LogP contribution in [0.15, 0.2) is 18.3 Å². The van der Waals surface area contributed by atoms with Crippen LogP contribution in [0.2, 0.25) is 0 Å². The highest BCUT2D eigenvalue weighted by molar-refractivity contribution is 7.97. The maximum atomic E-state index is 11.0. The fraction of sp³-hybridized carbons (Fsp3) is 0.333. The lowest BCUT2D eigenvalue weighted by Gasteiger charge is -2.07. The number of thiol groups is 1. The molecular weight excluding hydrogens is 170 g/mol. The summed E-state index contributed by atoms with van der Waals surface area (Å²) in [6.07, 6.45) is 1.69. The van der Waals surface area contributed by atoms with Gasteiger partial charge in [0.15, 0.2) is 0 Å². The van der Waals surface area contributed by atoms with E-state index in [-0.39, 0.29) is 11.0 Å². The van der Waals surface area contributed by atoms with Gasteiger partial charge in [0, 0.05) is 6.20 Å². The molecular formula is C9H11NOS. The molecule has 1 aromatic heterocycles. The van der Waals surface area contributed by atoms with Crippen molar-refractivity contribution < 1.29 is 4.79 Å². The molecule has 0 unspecified atom stereocenters. The van der Waals surface area contributed by atoms with Crippen LogP contribution in [0.4, 0.5) is 0 Å². The van der Waals surface area contributed by atoms with Gasteiger partial charge in [-0.2, -0.15) is 0 Å².